The van der Waals surface area contributed by atoms with Crippen molar-refractivity contribution in [1.82, 2.24) is 49.7 Å². The summed E-state index contributed by atoms with van der Waals surface area (Å²) >= 11 is 0. The molecule has 2 aliphatic rings. The molecular formula is C44H40F6N10O4. The van der Waals surface area contributed by atoms with Gasteiger partial charge in [0.2, 0.25) is 5.88 Å². The molecule has 20 heteroatoms. The molecule has 0 radical (unpaired) electrons. The molecular weight excluding hydrogens is 847 g/mol. The Labute approximate surface area is 362 Å². The molecule has 2 saturated heterocycles. The highest BCUT2D eigenvalue weighted by molar-refractivity contribution is 5.99. The number of carbonyl (C=O) groups excluding carboxylic acids is 2. The van der Waals surface area contributed by atoms with Crippen molar-refractivity contribution in [2.24, 2.45) is 0 Å². The van der Waals surface area contributed by atoms with Gasteiger partial charge in [0.25, 0.3) is 11.8 Å². The van der Waals surface area contributed by atoms with Crippen LogP contribution >= 0.6 is 0 Å². The van der Waals surface area contributed by atoms with Crippen LogP contribution in [0.25, 0.3) is 22.5 Å². The number of hydrogen-bond donors (Lipinski definition) is 0. The summed E-state index contributed by atoms with van der Waals surface area (Å²) in [6, 6.07) is 17.7. The van der Waals surface area contributed by atoms with E-state index in [-0.39, 0.29) is 47.2 Å². The van der Waals surface area contributed by atoms with E-state index in [0.717, 1.165) is 17.3 Å². The number of benzene rings is 2. The molecule has 2 fully saturated rings. The second-order valence-corrected chi connectivity index (χ2v) is 14.8. The molecule has 14 nitrogen and oxygen atoms in total. The van der Waals surface area contributed by atoms with Crippen LogP contribution < -0.4 is 9.47 Å². The maximum atomic E-state index is 13.4. The van der Waals surface area contributed by atoms with Crippen molar-refractivity contribution in [3.05, 3.63) is 133 Å². The van der Waals surface area contributed by atoms with Crippen LogP contribution in [0.5, 0.6) is 11.9 Å². The molecule has 0 N–H and O–H groups in total. The number of ether oxygens (including phenoxy) is 2. The Kier molecular flexibility index (Phi) is 13.7. The fraction of sp³-hybridized carbons (Fsp3) is 0.318. The van der Waals surface area contributed by atoms with Gasteiger partial charge in [0.05, 0.1) is 30.0 Å². The normalized spacial score (nSPS) is 18.9. The van der Waals surface area contributed by atoms with Crippen molar-refractivity contribution in [3.8, 4) is 34.4 Å². The third-order valence-electron chi connectivity index (χ3n) is 10.7. The van der Waals surface area contributed by atoms with Crippen LogP contribution in [-0.4, -0.2) is 98.9 Å². The maximum absolute atomic E-state index is 13.4. The fourth-order valence-corrected chi connectivity index (χ4v) is 7.32. The summed E-state index contributed by atoms with van der Waals surface area (Å²) in [5, 5.41) is 0. The zero-order valence-corrected chi connectivity index (χ0v) is 34.3. The van der Waals surface area contributed by atoms with E-state index in [1.54, 1.807) is 9.80 Å². The molecule has 64 heavy (non-hydrogen) atoms. The molecule has 0 bridgehead atoms. The van der Waals surface area contributed by atoms with Crippen LogP contribution in [0.1, 0.15) is 71.8 Å². The Morgan fingerprint density at radius 2 is 1.03 bits per heavy atom. The van der Waals surface area contributed by atoms with E-state index in [0.29, 0.717) is 68.8 Å². The topological polar surface area (TPSA) is 162 Å². The standard InChI is InChI=1S/2C22H20F3N5O2/c1-14-17(32-21-28-12-16(13-29-21)22(23,24)25)8-5-11-30(14)20(31)19-18(26-9-10-27-19)15-6-3-2-4-7-15;1-14-16(32-18-13-28-17(12-29-18)22(23,24)25)8-5-11-30(14)21(31)20-19(26-9-10-27-20)15-6-3-2-4-7-15/h2-4,6-7,9-10,12-14,17H,5,8,11H2,1H3;2-4,6-7,9-10,12-14,16H,5,8,11H2,1H3/t14-,17+;14-,16+/m00/s1. The SMILES string of the molecule is C[C@H]1[C@H](Oc2cnc(C(F)(F)F)cn2)CCCN1C(=O)c1nccnc1-c1ccccc1.C[C@H]1[C@H](Oc2ncc(C(F)(F)F)cn2)CCCN1C(=O)c1nccnc1-c1ccccc1. The molecule has 6 heterocycles. The van der Waals surface area contributed by atoms with Crippen molar-refractivity contribution in [2.45, 2.75) is 76.2 Å². The number of piperidine rings is 2. The molecule has 0 spiro atoms. The van der Waals surface area contributed by atoms with Gasteiger partial charge in [-0.1, -0.05) is 60.7 Å². The summed E-state index contributed by atoms with van der Waals surface area (Å²) in [5.41, 5.74) is 0.962. The van der Waals surface area contributed by atoms with Gasteiger partial charge in [0.1, 0.15) is 23.6 Å². The van der Waals surface area contributed by atoms with E-state index in [4.69, 9.17) is 9.47 Å². The first-order chi connectivity index (χ1) is 30.7. The lowest BCUT2D eigenvalue weighted by Gasteiger charge is -2.38. The molecule has 0 unspecified atom stereocenters. The van der Waals surface area contributed by atoms with Crippen molar-refractivity contribution in [1.29, 1.82) is 0 Å². The number of alkyl halides is 6. The van der Waals surface area contributed by atoms with E-state index in [2.05, 4.69) is 39.9 Å². The minimum atomic E-state index is -4.57. The van der Waals surface area contributed by atoms with Crippen molar-refractivity contribution in [3.63, 3.8) is 0 Å². The van der Waals surface area contributed by atoms with E-state index in [9.17, 15) is 35.9 Å². The Balaban J connectivity index is 0.000000191. The van der Waals surface area contributed by atoms with Gasteiger partial charge in [-0.25, -0.2) is 29.9 Å². The van der Waals surface area contributed by atoms with Gasteiger partial charge >= 0.3 is 18.4 Å². The average molecular weight is 887 g/mol. The third kappa shape index (κ3) is 10.6. The molecule has 6 aromatic rings. The van der Waals surface area contributed by atoms with Gasteiger partial charge in [-0.15, -0.1) is 0 Å². The van der Waals surface area contributed by atoms with Gasteiger partial charge in [-0.3, -0.25) is 19.6 Å². The van der Waals surface area contributed by atoms with Gasteiger partial charge in [0, 0.05) is 61.4 Å². The van der Waals surface area contributed by atoms with Crippen LogP contribution in [0.2, 0.25) is 0 Å². The van der Waals surface area contributed by atoms with E-state index in [1.807, 2.05) is 74.5 Å². The summed E-state index contributed by atoms with van der Waals surface area (Å²) in [7, 11) is 0. The first kappa shape index (κ1) is 44.9. The van der Waals surface area contributed by atoms with Crippen molar-refractivity contribution in [2.75, 3.05) is 13.1 Å². The van der Waals surface area contributed by atoms with Crippen LogP contribution in [-0.2, 0) is 12.4 Å². The number of hydrogen-bond acceptors (Lipinski definition) is 12. The lowest BCUT2D eigenvalue weighted by atomic mass is 9.99. The second kappa shape index (κ2) is 19.5. The molecule has 332 valence electrons. The van der Waals surface area contributed by atoms with Crippen LogP contribution in [0.4, 0.5) is 26.3 Å². The Morgan fingerprint density at radius 3 is 1.47 bits per heavy atom. The number of rotatable bonds is 8. The largest absolute Gasteiger partial charge is 0.471 e. The molecule has 2 amide bonds. The number of aromatic nitrogens is 8. The molecule has 2 aliphatic heterocycles. The molecule has 0 aliphatic carbocycles. The van der Waals surface area contributed by atoms with Crippen LogP contribution in [0.15, 0.2) is 110 Å². The summed E-state index contributed by atoms with van der Waals surface area (Å²) in [6.45, 7) is 4.66. The third-order valence-corrected chi connectivity index (χ3v) is 10.7. The predicted molar refractivity (Wildman–Crippen MR) is 217 cm³/mol. The quantitative estimate of drug-likeness (QED) is 0.136. The monoisotopic (exact) mass is 886 g/mol. The smallest absolute Gasteiger partial charge is 0.434 e. The van der Waals surface area contributed by atoms with Gasteiger partial charge in [-0.2, -0.15) is 26.3 Å². The maximum Gasteiger partial charge on any atom is 0.434 e. The fourth-order valence-electron chi connectivity index (χ4n) is 7.32. The lowest BCUT2D eigenvalue weighted by Crippen LogP contribution is -2.51. The van der Waals surface area contributed by atoms with Crippen molar-refractivity contribution < 1.29 is 45.4 Å². The van der Waals surface area contributed by atoms with Gasteiger partial charge in [-0.05, 0) is 39.5 Å². The summed E-state index contributed by atoms with van der Waals surface area (Å²) < 4.78 is 87.8. The zero-order valence-electron chi connectivity index (χ0n) is 34.3. The highest BCUT2D eigenvalue weighted by Gasteiger charge is 2.38. The molecule has 4 aromatic heterocycles. The number of likely N-dealkylation sites (tertiary alicyclic amines) is 2. The molecule has 4 atom stereocenters. The summed E-state index contributed by atoms with van der Waals surface area (Å²) in [6.07, 6.45) is 1.51. The van der Waals surface area contributed by atoms with Gasteiger partial charge < -0.3 is 19.3 Å². The number of nitrogens with zero attached hydrogens (tertiary/aromatic N) is 10. The Hall–Kier alpha value is -7.12. The number of carbonyl (C=O) groups is 2. The first-order valence-corrected chi connectivity index (χ1v) is 20.2. The van der Waals surface area contributed by atoms with E-state index in [1.165, 1.54) is 24.8 Å². The Morgan fingerprint density at radius 1 is 0.562 bits per heavy atom. The minimum absolute atomic E-state index is 0.0198. The van der Waals surface area contributed by atoms with E-state index >= 15 is 0 Å². The molecule has 0 saturated carbocycles. The van der Waals surface area contributed by atoms with E-state index < -0.39 is 35.8 Å². The highest BCUT2D eigenvalue weighted by Crippen LogP contribution is 2.32. The van der Waals surface area contributed by atoms with Crippen molar-refractivity contribution >= 4 is 11.8 Å². The summed E-state index contributed by atoms with van der Waals surface area (Å²) in [4.78, 5) is 61.8. The second-order valence-electron chi connectivity index (χ2n) is 14.8. The highest BCUT2D eigenvalue weighted by atomic mass is 19.4. The number of amides is 2. The predicted octanol–water partition coefficient (Wildman–Crippen LogP) is 8.05. The minimum Gasteiger partial charge on any atom is -0.471 e. The number of halogens is 6. The molecule has 2 aromatic carbocycles. The van der Waals surface area contributed by atoms with Gasteiger partial charge in [0.15, 0.2) is 17.1 Å². The first-order valence-electron chi connectivity index (χ1n) is 20.2. The van der Waals surface area contributed by atoms with Crippen LogP contribution in [0, 0.1) is 0 Å². The average Bonchev–Trinajstić information content (AvgIpc) is 3.30. The Bertz CT molecular complexity index is 2330. The lowest BCUT2D eigenvalue weighted by molar-refractivity contribution is -0.141. The van der Waals surface area contributed by atoms with Crippen LogP contribution in [0.3, 0.4) is 0 Å². The zero-order chi connectivity index (χ0) is 45.4. The summed E-state index contributed by atoms with van der Waals surface area (Å²) in [5.74, 6) is -0.587. The molecule has 8 rings (SSSR count).